The van der Waals surface area contributed by atoms with Gasteiger partial charge in [0.25, 0.3) is 0 Å². The van der Waals surface area contributed by atoms with Crippen molar-refractivity contribution in [2.75, 3.05) is 5.32 Å². The van der Waals surface area contributed by atoms with Crippen LogP contribution in [-0.2, 0) is 5.41 Å². The highest BCUT2D eigenvalue weighted by atomic mass is 35.5. The first-order chi connectivity index (χ1) is 10.2. The Hall–Kier alpha value is -2.08. The Kier molecular flexibility index (Phi) is 4.42. The number of hydrogen-bond donors (Lipinski definition) is 2. The van der Waals surface area contributed by atoms with Crippen LogP contribution in [0.1, 0.15) is 55.8 Å². The molecule has 2 rings (SSSR count). The molecule has 0 saturated carbocycles. The Labute approximate surface area is 134 Å². The smallest absolute Gasteiger partial charge is 0.250 e. The zero-order valence-electron chi connectivity index (χ0n) is 13.0. The molecule has 3 N–H and O–H groups in total. The van der Waals surface area contributed by atoms with E-state index in [1.54, 1.807) is 18.2 Å². The standard InChI is InChI=1S/C15H19ClN4O2/c1-8(13-19-14(20-22-13)15(2,3)4)18-9-5-6-11(16)10(7-9)12(17)21/h5-8,18H,1-4H3,(H2,17,21). The molecule has 0 radical (unpaired) electrons. The first-order valence-electron chi connectivity index (χ1n) is 6.88. The summed E-state index contributed by atoms with van der Waals surface area (Å²) in [5.41, 5.74) is 6.06. The third-order valence-corrected chi connectivity index (χ3v) is 3.43. The SMILES string of the molecule is CC(Nc1ccc(Cl)c(C(N)=O)c1)c1nc(C(C)(C)C)no1. The summed E-state index contributed by atoms with van der Waals surface area (Å²) >= 11 is 5.93. The Bertz CT molecular complexity index is 691. The Morgan fingerprint density at radius 3 is 2.64 bits per heavy atom. The van der Waals surface area contributed by atoms with Crippen molar-refractivity contribution >= 4 is 23.2 Å². The van der Waals surface area contributed by atoms with E-state index in [9.17, 15) is 4.79 Å². The van der Waals surface area contributed by atoms with E-state index in [-0.39, 0.29) is 17.0 Å². The van der Waals surface area contributed by atoms with Gasteiger partial charge in [-0.05, 0) is 25.1 Å². The van der Waals surface area contributed by atoms with Gasteiger partial charge in [0.2, 0.25) is 11.8 Å². The van der Waals surface area contributed by atoms with E-state index < -0.39 is 5.91 Å². The zero-order chi connectivity index (χ0) is 16.5. The van der Waals surface area contributed by atoms with Gasteiger partial charge in [-0.3, -0.25) is 4.79 Å². The number of hydrogen-bond acceptors (Lipinski definition) is 5. The molecule has 1 aromatic heterocycles. The number of carbonyl (C=O) groups excluding carboxylic acids is 1. The molecular weight excluding hydrogens is 304 g/mol. The average molecular weight is 323 g/mol. The van der Waals surface area contributed by atoms with Gasteiger partial charge < -0.3 is 15.6 Å². The van der Waals surface area contributed by atoms with Crippen LogP contribution in [0.4, 0.5) is 5.69 Å². The third kappa shape index (κ3) is 3.57. The predicted molar refractivity (Wildman–Crippen MR) is 85.0 cm³/mol. The van der Waals surface area contributed by atoms with E-state index in [0.29, 0.717) is 22.4 Å². The van der Waals surface area contributed by atoms with E-state index in [1.165, 1.54) is 0 Å². The van der Waals surface area contributed by atoms with Crippen LogP contribution in [0.2, 0.25) is 5.02 Å². The van der Waals surface area contributed by atoms with Crippen molar-refractivity contribution < 1.29 is 9.32 Å². The second kappa shape index (κ2) is 5.96. The summed E-state index contributed by atoms with van der Waals surface area (Å²) in [6.07, 6.45) is 0. The van der Waals surface area contributed by atoms with Gasteiger partial charge in [0.1, 0.15) is 6.04 Å². The molecule has 0 spiro atoms. The second-order valence-corrected chi connectivity index (χ2v) is 6.54. The molecule has 0 aliphatic rings. The summed E-state index contributed by atoms with van der Waals surface area (Å²) in [6, 6.07) is 4.75. The van der Waals surface area contributed by atoms with Crippen molar-refractivity contribution in [3.63, 3.8) is 0 Å². The minimum Gasteiger partial charge on any atom is -0.374 e. The van der Waals surface area contributed by atoms with Crippen LogP contribution in [0.15, 0.2) is 22.7 Å². The maximum Gasteiger partial charge on any atom is 0.250 e. The minimum atomic E-state index is -0.575. The molecule has 2 aromatic rings. The number of aromatic nitrogens is 2. The molecule has 1 heterocycles. The minimum absolute atomic E-state index is 0.180. The highest BCUT2D eigenvalue weighted by Gasteiger charge is 2.23. The topological polar surface area (TPSA) is 94.0 Å². The van der Waals surface area contributed by atoms with Crippen molar-refractivity contribution in [2.45, 2.75) is 39.2 Å². The van der Waals surface area contributed by atoms with E-state index in [4.69, 9.17) is 21.9 Å². The van der Waals surface area contributed by atoms with Gasteiger partial charge in [-0.1, -0.05) is 37.5 Å². The van der Waals surface area contributed by atoms with Crippen LogP contribution in [0.25, 0.3) is 0 Å². The van der Waals surface area contributed by atoms with Gasteiger partial charge >= 0.3 is 0 Å². The van der Waals surface area contributed by atoms with Crippen molar-refractivity contribution in [3.05, 3.63) is 40.5 Å². The Morgan fingerprint density at radius 2 is 2.09 bits per heavy atom. The van der Waals surface area contributed by atoms with Crippen molar-refractivity contribution in [3.8, 4) is 0 Å². The lowest BCUT2D eigenvalue weighted by molar-refractivity contribution is 0.100. The molecular formula is C15H19ClN4O2. The lowest BCUT2D eigenvalue weighted by Gasteiger charge is -2.13. The molecule has 1 atom stereocenters. The van der Waals surface area contributed by atoms with E-state index in [2.05, 4.69) is 15.5 Å². The number of carbonyl (C=O) groups is 1. The Balaban J connectivity index is 2.18. The molecule has 0 bridgehead atoms. The maximum absolute atomic E-state index is 11.3. The number of nitrogens with two attached hydrogens (primary N) is 1. The molecule has 1 unspecified atom stereocenters. The fraction of sp³-hybridized carbons (Fsp3) is 0.400. The molecule has 7 heteroatoms. The van der Waals surface area contributed by atoms with Crippen LogP contribution in [0.3, 0.4) is 0 Å². The van der Waals surface area contributed by atoms with Gasteiger partial charge in [-0.15, -0.1) is 0 Å². The molecule has 0 fully saturated rings. The van der Waals surface area contributed by atoms with Crippen LogP contribution in [-0.4, -0.2) is 16.0 Å². The molecule has 22 heavy (non-hydrogen) atoms. The molecule has 6 nitrogen and oxygen atoms in total. The summed E-state index contributed by atoms with van der Waals surface area (Å²) in [7, 11) is 0. The number of nitrogens with zero attached hydrogens (tertiary/aromatic N) is 2. The molecule has 0 saturated heterocycles. The van der Waals surface area contributed by atoms with E-state index >= 15 is 0 Å². The summed E-state index contributed by atoms with van der Waals surface area (Å²) in [4.78, 5) is 15.7. The zero-order valence-corrected chi connectivity index (χ0v) is 13.7. The number of primary amides is 1. The van der Waals surface area contributed by atoms with Gasteiger partial charge in [-0.25, -0.2) is 0 Å². The maximum atomic E-state index is 11.3. The van der Waals surface area contributed by atoms with Crippen LogP contribution in [0, 0.1) is 0 Å². The highest BCUT2D eigenvalue weighted by molar-refractivity contribution is 6.33. The summed E-state index contributed by atoms with van der Waals surface area (Å²) < 4.78 is 5.29. The summed E-state index contributed by atoms with van der Waals surface area (Å²) in [5.74, 6) is 0.541. The first-order valence-corrected chi connectivity index (χ1v) is 7.26. The first kappa shape index (κ1) is 16.3. The Morgan fingerprint density at radius 1 is 1.41 bits per heavy atom. The highest BCUT2D eigenvalue weighted by Crippen LogP contribution is 2.25. The average Bonchev–Trinajstić information content (AvgIpc) is 2.90. The summed E-state index contributed by atoms with van der Waals surface area (Å²) in [6.45, 7) is 7.92. The molecule has 1 amide bonds. The van der Waals surface area contributed by atoms with Gasteiger partial charge in [0.05, 0.1) is 10.6 Å². The predicted octanol–water partition coefficient (Wildman–Crippen LogP) is 3.29. The quantitative estimate of drug-likeness (QED) is 0.900. The number of halogens is 1. The monoisotopic (exact) mass is 322 g/mol. The molecule has 0 aliphatic heterocycles. The van der Waals surface area contributed by atoms with Crippen molar-refractivity contribution in [1.82, 2.24) is 10.1 Å². The number of rotatable bonds is 4. The number of nitrogens with one attached hydrogen (secondary N) is 1. The van der Waals surface area contributed by atoms with Crippen LogP contribution in [0.5, 0.6) is 0 Å². The van der Waals surface area contributed by atoms with Gasteiger partial charge in [-0.2, -0.15) is 4.98 Å². The fourth-order valence-corrected chi connectivity index (χ4v) is 2.04. The molecule has 1 aromatic carbocycles. The number of anilines is 1. The largest absolute Gasteiger partial charge is 0.374 e. The summed E-state index contributed by atoms with van der Waals surface area (Å²) in [5, 5.41) is 7.49. The normalized spacial score (nSPS) is 13.0. The lowest BCUT2D eigenvalue weighted by atomic mass is 9.96. The number of benzene rings is 1. The fourth-order valence-electron chi connectivity index (χ4n) is 1.83. The third-order valence-electron chi connectivity index (χ3n) is 3.10. The van der Waals surface area contributed by atoms with Crippen molar-refractivity contribution in [1.29, 1.82) is 0 Å². The number of amides is 1. The van der Waals surface area contributed by atoms with E-state index in [1.807, 2.05) is 27.7 Å². The van der Waals surface area contributed by atoms with Crippen LogP contribution < -0.4 is 11.1 Å². The second-order valence-electron chi connectivity index (χ2n) is 6.13. The lowest BCUT2D eigenvalue weighted by Crippen LogP contribution is -2.14. The van der Waals surface area contributed by atoms with Gasteiger partial charge in [0, 0.05) is 11.1 Å². The van der Waals surface area contributed by atoms with E-state index in [0.717, 1.165) is 0 Å². The van der Waals surface area contributed by atoms with Gasteiger partial charge in [0.15, 0.2) is 5.82 Å². The molecule has 0 aliphatic carbocycles. The van der Waals surface area contributed by atoms with Crippen LogP contribution >= 0.6 is 11.6 Å². The molecule has 118 valence electrons. The van der Waals surface area contributed by atoms with Crippen molar-refractivity contribution in [2.24, 2.45) is 5.73 Å².